The molecule has 0 spiro atoms. The Bertz CT molecular complexity index is 310. The first-order valence-corrected chi connectivity index (χ1v) is 7.09. The maximum absolute atomic E-state index is 11.4. The van der Waals surface area contributed by atoms with E-state index in [1.807, 2.05) is 0 Å². The van der Waals surface area contributed by atoms with E-state index in [9.17, 15) is 9.59 Å². The standard InChI is InChI=1S/C14H24N2O3/c1-2-19-13(17)9-11-16-14(18)15-10-8-12-6-4-3-5-7-12/h8,10,12H,2-7,9,11H2,1H3,(H2,15,16,18)/b10-8+. The molecule has 1 fully saturated rings. The number of esters is 1. The van der Waals surface area contributed by atoms with Crippen LogP contribution in [0.25, 0.3) is 0 Å². The smallest absolute Gasteiger partial charge is 0.318 e. The van der Waals surface area contributed by atoms with Crippen LogP contribution in [0.1, 0.15) is 45.4 Å². The van der Waals surface area contributed by atoms with E-state index in [4.69, 9.17) is 4.74 Å². The molecule has 0 bridgehead atoms. The summed E-state index contributed by atoms with van der Waals surface area (Å²) in [5, 5.41) is 5.26. The van der Waals surface area contributed by atoms with Crippen molar-refractivity contribution in [2.24, 2.45) is 5.92 Å². The van der Waals surface area contributed by atoms with Crippen molar-refractivity contribution < 1.29 is 14.3 Å². The molecule has 1 saturated carbocycles. The van der Waals surface area contributed by atoms with Crippen molar-refractivity contribution in [2.45, 2.75) is 45.4 Å². The van der Waals surface area contributed by atoms with Gasteiger partial charge in [-0.05, 0) is 25.7 Å². The van der Waals surface area contributed by atoms with Gasteiger partial charge in [0.1, 0.15) is 0 Å². The first-order valence-electron chi connectivity index (χ1n) is 7.09. The van der Waals surface area contributed by atoms with Crippen molar-refractivity contribution in [1.29, 1.82) is 0 Å². The number of urea groups is 1. The normalized spacial score (nSPS) is 16.3. The summed E-state index contributed by atoms with van der Waals surface area (Å²) < 4.78 is 4.76. The lowest BCUT2D eigenvalue weighted by Gasteiger charge is -2.17. The van der Waals surface area contributed by atoms with Crippen molar-refractivity contribution in [2.75, 3.05) is 13.2 Å². The summed E-state index contributed by atoms with van der Waals surface area (Å²) in [4.78, 5) is 22.4. The van der Waals surface area contributed by atoms with Crippen LogP contribution in [-0.2, 0) is 9.53 Å². The molecular weight excluding hydrogens is 244 g/mol. The molecule has 108 valence electrons. The zero-order chi connectivity index (χ0) is 13.9. The molecule has 19 heavy (non-hydrogen) atoms. The first-order chi connectivity index (χ1) is 9.22. The Hall–Kier alpha value is -1.52. The minimum atomic E-state index is -0.291. The van der Waals surface area contributed by atoms with Crippen molar-refractivity contribution in [3.63, 3.8) is 0 Å². The highest BCUT2D eigenvalue weighted by Crippen LogP contribution is 2.24. The third-order valence-corrected chi connectivity index (χ3v) is 3.15. The van der Waals surface area contributed by atoms with Crippen LogP contribution < -0.4 is 10.6 Å². The monoisotopic (exact) mass is 268 g/mol. The molecule has 0 saturated heterocycles. The molecule has 0 aliphatic heterocycles. The number of hydrogen-bond acceptors (Lipinski definition) is 3. The molecule has 2 amide bonds. The minimum absolute atomic E-state index is 0.202. The van der Waals surface area contributed by atoms with E-state index in [2.05, 4.69) is 16.7 Å². The second-order valence-electron chi connectivity index (χ2n) is 4.71. The molecule has 1 aliphatic rings. The Kier molecular flexibility index (Phi) is 7.70. The van der Waals surface area contributed by atoms with Crippen molar-refractivity contribution in [3.8, 4) is 0 Å². The maximum Gasteiger partial charge on any atom is 0.318 e. The summed E-state index contributed by atoms with van der Waals surface area (Å²) in [5.41, 5.74) is 0. The third-order valence-electron chi connectivity index (χ3n) is 3.15. The number of amides is 2. The van der Waals surface area contributed by atoms with Crippen LogP contribution in [0.15, 0.2) is 12.3 Å². The summed E-state index contributed by atoms with van der Waals surface area (Å²) in [6.45, 7) is 2.42. The van der Waals surface area contributed by atoms with Crippen LogP contribution >= 0.6 is 0 Å². The molecule has 1 aliphatic carbocycles. The van der Waals surface area contributed by atoms with Gasteiger partial charge < -0.3 is 15.4 Å². The van der Waals surface area contributed by atoms with E-state index in [0.717, 1.165) is 0 Å². The maximum atomic E-state index is 11.4. The summed E-state index contributed by atoms with van der Waals surface area (Å²) in [6.07, 6.45) is 10.3. The number of ether oxygens (including phenoxy) is 1. The van der Waals surface area contributed by atoms with Gasteiger partial charge in [-0.25, -0.2) is 4.79 Å². The van der Waals surface area contributed by atoms with Crippen molar-refractivity contribution in [1.82, 2.24) is 10.6 Å². The highest BCUT2D eigenvalue weighted by Gasteiger charge is 2.09. The zero-order valence-electron chi connectivity index (χ0n) is 11.6. The quantitative estimate of drug-likeness (QED) is 0.726. The van der Waals surface area contributed by atoms with E-state index >= 15 is 0 Å². The van der Waals surface area contributed by atoms with Gasteiger partial charge in [0.05, 0.1) is 13.0 Å². The van der Waals surface area contributed by atoms with Gasteiger partial charge in [-0.15, -0.1) is 0 Å². The average Bonchev–Trinajstić information content (AvgIpc) is 2.40. The molecule has 0 atom stereocenters. The molecule has 0 aromatic heterocycles. The number of rotatable bonds is 6. The molecule has 0 radical (unpaired) electrons. The Balaban J connectivity index is 2.07. The lowest BCUT2D eigenvalue weighted by Crippen LogP contribution is -2.33. The van der Waals surface area contributed by atoms with Crippen LogP contribution in [-0.4, -0.2) is 25.2 Å². The Morgan fingerprint density at radius 2 is 2.00 bits per heavy atom. The molecule has 0 aromatic carbocycles. The van der Waals surface area contributed by atoms with E-state index in [-0.39, 0.29) is 18.4 Å². The lowest BCUT2D eigenvalue weighted by atomic mass is 9.89. The fourth-order valence-corrected chi connectivity index (χ4v) is 2.15. The van der Waals surface area contributed by atoms with Gasteiger partial charge in [-0.2, -0.15) is 0 Å². The molecule has 1 rings (SSSR count). The van der Waals surface area contributed by atoms with Gasteiger partial charge in [-0.1, -0.05) is 25.3 Å². The third kappa shape index (κ3) is 7.49. The van der Waals surface area contributed by atoms with Crippen molar-refractivity contribution >= 4 is 12.0 Å². The summed E-state index contributed by atoms with van der Waals surface area (Å²) in [7, 11) is 0. The Labute approximate surface area is 114 Å². The summed E-state index contributed by atoms with van der Waals surface area (Å²) in [6, 6.07) is -0.281. The fraction of sp³-hybridized carbons (Fsp3) is 0.714. The number of nitrogens with one attached hydrogen (secondary N) is 2. The van der Waals surface area contributed by atoms with Crippen LogP contribution in [0.2, 0.25) is 0 Å². The number of carbonyl (C=O) groups excluding carboxylic acids is 2. The van der Waals surface area contributed by atoms with Crippen molar-refractivity contribution in [3.05, 3.63) is 12.3 Å². The van der Waals surface area contributed by atoms with Gasteiger partial charge in [0.25, 0.3) is 0 Å². The number of allylic oxidation sites excluding steroid dienone is 1. The SMILES string of the molecule is CCOC(=O)CCNC(=O)N/C=C/C1CCCCC1. The molecule has 5 nitrogen and oxygen atoms in total. The van der Waals surface area contributed by atoms with Gasteiger partial charge >= 0.3 is 12.0 Å². The largest absolute Gasteiger partial charge is 0.466 e. The number of carbonyl (C=O) groups is 2. The predicted octanol–water partition coefficient (Wildman–Crippen LogP) is 2.33. The molecular formula is C14H24N2O3. The summed E-state index contributed by atoms with van der Waals surface area (Å²) in [5.74, 6) is 0.300. The zero-order valence-corrected chi connectivity index (χ0v) is 11.6. The van der Waals surface area contributed by atoms with E-state index < -0.39 is 0 Å². The van der Waals surface area contributed by atoms with Crippen LogP contribution in [0.5, 0.6) is 0 Å². The topological polar surface area (TPSA) is 67.4 Å². The highest BCUT2D eigenvalue weighted by molar-refractivity contribution is 5.76. The second kappa shape index (κ2) is 9.42. The highest BCUT2D eigenvalue weighted by atomic mass is 16.5. The molecule has 2 N–H and O–H groups in total. The lowest BCUT2D eigenvalue weighted by molar-refractivity contribution is -0.142. The average molecular weight is 268 g/mol. The summed E-state index contributed by atoms with van der Waals surface area (Å²) >= 11 is 0. The van der Waals surface area contributed by atoms with Gasteiger partial charge in [0, 0.05) is 12.7 Å². The van der Waals surface area contributed by atoms with E-state index in [1.54, 1.807) is 13.1 Å². The van der Waals surface area contributed by atoms with Gasteiger partial charge in [0.2, 0.25) is 0 Å². The van der Waals surface area contributed by atoms with Gasteiger partial charge in [0.15, 0.2) is 0 Å². The van der Waals surface area contributed by atoms with Crippen LogP contribution in [0, 0.1) is 5.92 Å². The molecule has 0 aromatic rings. The minimum Gasteiger partial charge on any atom is -0.466 e. The molecule has 0 heterocycles. The Morgan fingerprint density at radius 1 is 1.26 bits per heavy atom. The van der Waals surface area contributed by atoms with Gasteiger partial charge in [-0.3, -0.25) is 4.79 Å². The molecule has 0 unspecified atom stereocenters. The van der Waals surface area contributed by atoms with E-state index in [0.29, 0.717) is 19.1 Å². The van der Waals surface area contributed by atoms with Crippen LogP contribution in [0.3, 0.4) is 0 Å². The van der Waals surface area contributed by atoms with E-state index in [1.165, 1.54) is 32.1 Å². The Morgan fingerprint density at radius 3 is 2.68 bits per heavy atom. The first kappa shape index (κ1) is 15.5. The predicted molar refractivity (Wildman–Crippen MR) is 73.5 cm³/mol. The number of hydrogen-bond donors (Lipinski definition) is 2. The fourth-order valence-electron chi connectivity index (χ4n) is 2.15. The second-order valence-corrected chi connectivity index (χ2v) is 4.71. The van der Waals surface area contributed by atoms with Crippen LogP contribution in [0.4, 0.5) is 4.79 Å². The molecule has 5 heteroatoms.